The third kappa shape index (κ3) is 3.12. The molecule has 0 atom stereocenters. The van der Waals surface area contributed by atoms with Crippen LogP contribution in [0.5, 0.6) is 0 Å². The monoisotopic (exact) mass is 350 g/mol. The van der Waals surface area contributed by atoms with E-state index in [1.165, 1.54) is 0 Å². The van der Waals surface area contributed by atoms with E-state index >= 15 is 0 Å². The minimum atomic E-state index is -3.64. The second kappa shape index (κ2) is 5.70. The zero-order valence-electron chi connectivity index (χ0n) is 10.4. The number of aryl methyl sites for hydroxylation is 1. The molecular formula is C11H15BrN2O2S2. The first-order valence-corrected chi connectivity index (χ1v) is 8.60. The molecule has 1 heterocycles. The fourth-order valence-electron chi connectivity index (χ4n) is 1.45. The minimum absolute atomic E-state index is 0.230. The quantitative estimate of drug-likeness (QED) is 0.886. The van der Waals surface area contributed by atoms with Crippen molar-refractivity contribution in [2.24, 2.45) is 0 Å². The molecule has 1 aromatic rings. The molecule has 4 nitrogen and oxygen atoms in total. The van der Waals surface area contributed by atoms with Crippen molar-refractivity contribution in [2.45, 2.75) is 43.4 Å². The van der Waals surface area contributed by atoms with Crippen LogP contribution in [0.1, 0.15) is 32.3 Å². The lowest BCUT2D eigenvalue weighted by Crippen LogP contribution is -2.46. The van der Waals surface area contributed by atoms with Gasteiger partial charge < -0.3 is 0 Å². The number of halogens is 1. The summed E-state index contributed by atoms with van der Waals surface area (Å²) >= 11 is 4.45. The number of hydrogen-bond acceptors (Lipinski definition) is 4. The zero-order chi connectivity index (χ0) is 14.0. The van der Waals surface area contributed by atoms with Gasteiger partial charge in [-0.2, -0.15) is 9.98 Å². The second-order valence-electron chi connectivity index (χ2n) is 4.03. The number of hydrogen-bond donors (Lipinski definition) is 1. The maximum absolute atomic E-state index is 12.2. The number of rotatable bonds is 5. The summed E-state index contributed by atoms with van der Waals surface area (Å²) in [5.74, 6) is 0. The molecule has 1 rings (SSSR count). The summed E-state index contributed by atoms with van der Waals surface area (Å²) in [4.78, 5) is 0. The molecule has 0 unspecified atom stereocenters. The summed E-state index contributed by atoms with van der Waals surface area (Å²) in [5.41, 5.74) is -0.153. The van der Waals surface area contributed by atoms with Crippen LogP contribution >= 0.6 is 27.3 Å². The molecule has 100 valence electrons. The minimum Gasteiger partial charge on any atom is -0.206 e. The van der Waals surface area contributed by atoms with E-state index in [1.54, 1.807) is 19.9 Å². The van der Waals surface area contributed by atoms with E-state index in [2.05, 4.69) is 26.7 Å². The lowest BCUT2D eigenvalue weighted by Gasteiger charge is -2.24. The number of nitriles is 1. The molecule has 0 aliphatic rings. The molecule has 0 spiro atoms. The van der Waals surface area contributed by atoms with E-state index in [1.807, 2.05) is 6.92 Å². The van der Waals surface area contributed by atoms with Gasteiger partial charge in [0.05, 0.1) is 9.86 Å². The summed E-state index contributed by atoms with van der Waals surface area (Å²) in [5, 5.41) is 9.16. The van der Waals surface area contributed by atoms with E-state index < -0.39 is 15.6 Å². The van der Waals surface area contributed by atoms with E-state index in [-0.39, 0.29) is 4.21 Å². The van der Waals surface area contributed by atoms with Crippen LogP contribution in [-0.4, -0.2) is 14.0 Å². The van der Waals surface area contributed by atoms with Crippen molar-refractivity contribution in [1.82, 2.24) is 4.72 Å². The standard InChI is InChI=1S/C11H15BrN2O2S2/c1-4-11(5-2,7-13)14-18(15,16)9-6-8(3)10(12)17-9/h6,14H,4-5H2,1-3H3. The number of sulfonamides is 1. The molecule has 0 fully saturated rings. The first-order chi connectivity index (χ1) is 8.30. The summed E-state index contributed by atoms with van der Waals surface area (Å²) in [7, 11) is -3.64. The molecule has 1 N–H and O–H groups in total. The summed E-state index contributed by atoms with van der Waals surface area (Å²) in [6.07, 6.45) is 0.871. The summed E-state index contributed by atoms with van der Waals surface area (Å²) in [6, 6.07) is 3.67. The van der Waals surface area contributed by atoms with E-state index in [0.717, 1.165) is 20.7 Å². The predicted octanol–water partition coefficient (Wildman–Crippen LogP) is 3.18. The Hall–Kier alpha value is -0.420. The highest BCUT2D eigenvalue weighted by Crippen LogP contribution is 2.31. The van der Waals surface area contributed by atoms with Crippen LogP contribution in [0.25, 0.3) is 0 Å². The van der Waals surface area contributed by atoms with Gasteiger partial charge in [-0.15, -0.1) is 11.3 Å². The Bertz CT molecular complexity index is 549. The van der Waals surface area contributed by atoms with Crippen molar-refractivity contribution in [3.63, 3.8) is 0 Å². The van der Waals surface area contributed by atoms with Gasteiger partial charge in [0.15, 0.2) is 0 Å². The summed E-state index contributed by atoms with van der Waals surface area (Å²) in [6.45, 7) is 5.42. The number of thiophene rings is 1. The van der Waals surface area contributed by atoms with Gasteiger partial charge in [0.1, 0.15) is 9.75 Å². The normalized spacial score (nSPS) is 12.4. The topological polar surface area (TPSA) is 70.0 Å². The van der Waals surface area contributed by atoms with Gasteiger partial charge in [-0.3, -0.25) is 0 Å². The Kier molecular flexibility index (Phi) is 4.95. The summed E-state index contributed by atoms with van der Waals surface area (Å²) < 4.78 is 28.0. The van der Waals surface area contributed by atoms with E-state index in [4.69, 9.17) is 5.26 Å². The van der Waals surface area contributed by atoms with Gasteiger partial charge in [0, 0.05) is 0 Å². The van der Waals surface area contributed by atoms with Crippen LogP contribution in [0, 0.1) is 18.3 Å². The Labute approximate surface area is 120 Å². The SMILES string of the molecule is CCC(C#N)(CC)NS(=O)(=O)c1cc(C)c(Br)s1. The van der Waals surface area contributed by atoms with Gasteiger partial charge in [0.25, 0.3) is 10.0 Å². The Balaban J connectivity index is 3.13. The number of nitrogens with one attached hydrogen (secondary N) is 1. The molecule has 0 aliphatic heterocycles. The van der Waals surface area contributed by atoms with Gasteiger partial charge in [-0.05, 0) is 47.3 Å². The predicted molar refractivity (Wildman–Crippen MR) is 76.0 cm³/mol. The average Bonchev–Trinajstić information content (AvgIpc) is 2.68. The van der Waals surface area contributed by atoms with Crippen molar-refractivity contribution in [2.75, 3.05) is 0 Å². The molecule has 1 aromatic heterocycles. The van der Waals surface area contributed by atoms with Crippen molar-refractivity contribution in [3.05, 3.63) is 15.4 Å². The molecule has 0 saturated carbocycles. The highest BCUT2D eigenvalue weighted by atomic mass is 79.9. The third-order valence-electron chi connectivity index (χ3n) is 2.85. The molecule has 18 heavy (non-hydrogen) atoms. The van der Waals surface area contributed by atoms with Crippen molar-refractivity contribution >= 4 is 37.3 Å². The van der Waals surface area contributed by atoms with Crippen LogP contribution in [-0.2, 0) is 10.0 Å². The van der Waals surface area contributed by atoms with Crippen LogP contribution in [0.2, 0.25) is 0 Å². The fraction of sp³-hybridized carbons (Fsp3) is 0.545. The molecule has 0 radical (unpaired) electrons. The second-order valence-corrected chi connectivity index (χ2v) is 8.31. The third-order valence-corrected chi connectivity index (χ3v) is 7.00. The fourth-order valence-corrected chi connectivity index (χ4v) is 5.13. The van der Waals surface area contributed by atoms with Crippen molar-refractivity contribution in [1.29, 1.82) is 5.26 Å². The molecule has 0 amide bonds. The molecule has 0 saturated heterocycles. The number of nitrogens with zero attached hydrogens (tertiary/aromatic N) is 1. The van der Waals surface area contributed by atoms with Gasteiger partial charge in [-0.1, -0.05) is 13.8 Å². The van der Waals surface area contributed by atoms with Gasteiger partial charge in [0.2, 0.25) is 0 Å². The Morgan fingerprint density at radius 3 is 2.39 bits per heavy atom. The highest BCUT2D eigenvalue weighted by Gasteiger charge is 2.33. The lowest BCUT2D eigenvalue weighted by atomic mass is 9.97. The Morgan fingerprint density at radius 1 is 1.50 bits per heavy atom. The maximum Gasteiger partial charge on any atom is 0.251 e. The molecule has 7 heteroatoms. The lowest BCUT2D eigenvalue weighted by molar-refractivity contribution is 0.447. The van der Waals surface area contributed by atoms with Gasteiger partial charge in [-0.25, -0.2) is 8.42 Å². The highest BCUT2D eigenvalue weighted by molar-refractivity contribution is 9.11. The Morgan fingerprint density at radius 2 is 2.06 bits per heavy atom. The largest absolute Gasteiger partial charge is 0.251 e. The zero-order valence-corrected chi connectivity index (χ0v) is 13.7. The van der Waals surface area contributed by atoms with Crippen LogP contribution in [0.3, 0.4) is 0 Å². The molecular weight excluding hydrogens is 336 g/mol. The van der Waals surface area contributed by atoms with Crippen LogP contribution in [0.4, 0.5) is 0 Å². The van der Waals surface area contributed by atoms with Gasteiger partial charge >= 0.3 is 0 Å². The van der Waals surface area contributed by atoms with Crippen LogP contribution in [0.15, 0.2) is 14.1 Å². The first-order valence-electron chi connectivity index (χ1n) is 5.51. The van der Waals surface area contributed by atoms with Crippen LogP contribution < -0.4 is 4.72 Å². The first kappa shape index (κ1) is 15.6. The van der Waals surface area contributed by atoms with E-state index in [9.17, 15) is 8.42 Å². The molecule has 0 aromatic carbocycles. The van der Waals surface area contributed by atoms with Crippen molar-refractivity contribution in [3.8, 4) is 6.07 Å². The average molecular weight is 351 g/mol. The van der Waals surface area contributed by atoms with E-state index in [0.29, 0.717) is 12.8 Å². The molecule has 0 aliphatic carbocycles. The molecule has 0 bridgehead atoms. The maximum atomic E-state index is 12.2. The smallest absolute Gasteiger partial charge is 0.206 e. The van der Waals surface area contributed by atoms with Crippen molar-refractivity contribution < 1.29 is 8.42 Å².